The fraction of sp³-hybridized carbons (Fsp3) is 0.412. The van der Waals surface area contributed by atoms with Crippen LogP contribution >= 0.6 is 0 Å². The number of rotatable bonds is 4. The van der Waals surface area contributed by atoms with Crippen molar-refractivity contribution in [3.05, 3.63) is 42.5 Å². The molecule has 2 heterocycles. The van der Waals surface area contributed by atoms with Gasteiger partial charge in [0.25, 0.3) is 0 Å². The predicted molar refractivity (Wildman–Crippen MR) is 89.8 cm³/mol. The molecule has 0 aliphatic carbocycles. The molecular weight excluding hydrogens is 306 g/mol. The molecule has 1 aliphatic heterocycles. The molecule has 0 bridgehead atoms. The molecule has 2 aromatic rings. The van der Waals surface area contributed by atoms with Crippen molar-refractivity contribution in [3.8, 4) is 0 Å². The van der Waals surface area contributed by atoms with Gasteiger partial charge < -0.3 is 10.2 Å². The molecule has 2 amide bonds. The van der Waals surface area contributed by atoms with E-state index in [2.05, 4.69) is 15.4 Å². The first kappa shape index (κ1) is 16.2. The zero-order valence-electron chi connectivity index (χ0n) is 13.7. The van der Waals surface area contributed by atoms with Crippen molar-refractivity contribution in [1.29, 1.82) is 0 Å². The highest BCUT2D eigenvalue weighted by atomic mass is 16.2. The lowest BCUT2D eigenvalue weighted by molar-refractivity contribution is 0.101. The van der Waals surface area contributed by atoms with Gasteiger partial charge in [0.2, 0.25) is 0 Å². The van der Waals surface area contributed by atoms with Gasteiger partial charge in [-0.2, -0.15) is 5.10 Å². The van der Waals surface area contributed by atoms with E-state index in [0.717, 1.165) is 25.9 Å². The van der Waals surface area contributed by atoms with Gasteiger partial charge in [0.1, 0.15) is 12.7 Å². The fourth-order valence-corrected chi connectivity index (χ4v) is 3.01. The Bertz CT molecular complexity index is 714. The first-order valence-electron chi connectivity index (χ1n) is 8.11. The average molecular weight is 327 g/mol. The monoisotopic (exact) mass is 327 g/mol. The fourth-order valence-electron chi connectivity index (χ4n) is 3.01. The van der Waals surface area contributed by atoms with Crippen molar-refractivity contribution in [2.75, 3.05) is 18.4 Å². The van der Waals surface area contributed by atoms with Crippen molar-refractivity contribution in [2.24, 2.45) is 5.92 Å². The highest BCUT2D eigenvalue weighted by Gasteiger charge is 2.24. The van der Waals surface area contributed by atoms with Crippen LogP contribution in [0.2, 0.25) is 0 Å². The Kier molecular flexibility index (Phi) is 4.88. The number of benzene rings is 1. The largest absolute Gasteiger partial charge is 0.324 e. The Morgan fingerprint density at radius 1 is 1.38 bits per heavy atom. The number of aromatic nitrogens is 3. The number of ketones is 1. The summed E-state index contributed by atoms with van der Waals surface area (Å²) >= 11 is 0. The van der Waals surface area contributed by atoms with Gasteiger partial charge in [-0.05, 0) is 37.8 Å². The Morgan fingerprint density at radius 2 is 2.25 bits per heavy atom. The second-order valence-electron chi connectivity index (χ2n) is 6.14. The van der Waals surface area contributed by atoms with Crippen LogP contribution < -0.4 is 5.32 Å². The predicted octanol–water partition coefficient (Wildman–Crippen LogP) is 2.42. The third kappa shape index (κ3) is 3.98. The van der Waals surface area contributed by atoms with Gasteiger partial charge >= 0.3 is 6.03 Å². The minimum Gasteiger partial charge on any atom is -0.324 e. The summed E-state index contributed by atoms with van der Waals surface area (Å²) in [6, 6.07) is 6.89. The summed E-state index contributed by atoms with van der Waals surface area (Å²) in [6.45, 7) is 3.72. The molecule has 1 N–H and O–H groups in total. The number of urea groups is 1. The molecule has 1 atom stereocenters. The van der Waals surface area contributed by atoms with E-state index < -0.39 is 0 Å². The summed E-state index contributed by atoms with van der Waals surface area (Å²) in [5.74, 6) is 0.353. The molecule has 1 aliphatic rings. The minimum absolute atomic E-state index is 0.0167. The Labute approximate surface area is 140 Å². The van der Waals surface area contributed by atoms with Gasteiger partial charge in [0, 0.05) is 30.9 Å². The van der Waals surface area contributed by atoms with Crippen LogP contribution in [-0.4, -0.2) is 44.6 Å². The third-order valence-corrected chi connectivity index (χ3v) is 4.24. The summed E-state index contributed by atoms with van der Waals surface area (Å²) < 4.78 is 1.81. The van der Waals surface area contributed by atoms with Crippen LogP contribution in [0.1, 0.15) is 30.1 Å². The van der Waals surface area contributed by atoms with Gasteiger partial charge in [-0.1, -0.05) is 12.1 Å². The van der Waals surface area contributed by atoms with Crippen molar-refractivity contribution < 1.29 is 9.59 Å². The van der Waals surface area contributed by atoms with Gasteiger partial charge in [0.15, 0.2) is 5.78 Å². The van der Waals surface area contributed by atoms with E-state index in [0.29, 0.717) is 23.7 Å². The smallest absolute Gasteiger partial charge is 0.321 e. The van der Waals surface area contributed by atoms with Gasteiger partial charge in [0.05, 0.1) is 0 Å². The number of carbonyl (C=O) groups is 2. The number of hydrogen-bond donors (Lipinski definition) is 1. The third-order valence-electron chi connectivity index (χ3n) is 4.24. The Morgan fingerprint density at radius 3 is 3.00 bits per heavy atom. The molecule has 1 unspecified atom stereocenters. The lowest BCUT2D eigenvalue weighted by atomic mass is 9.98. The maximum Gasteiger partial charge on any atom is 0.321 e. The molecular formula is C17H21N5O2. The zero-order valence-corrected chi connectivity index (χ0v) is 13.7. The quantitative estimate of drug-likeness (QED) is 0.875. The molecule has 0 saturated carbocycles. The molecule has 0 spiro atoms. The lowest BCUT2D eigenvalue weighted by Crippen LogP contribution is -2.43. The second-order valence-corrected chi connectivity index (χ2v) is 6.14. The Hall–Kier alpha value is -2.70. The number of hydrogen-bond acceptors (Lipinski definition) is 4. The second kappa shape index (κ2) is 7.25. The number of piperidine rings is 1. The lowest BCUT2D eigenvalue weighted by Gasteiger charge is -2.32. The van der Waals surface area contributed by atoms with E-state index in [4.69, 9.17) is 0 Å². The molecule has 1 fully saturated rings. The van der Waals surface area contributed by atoms with E-state index in [1.54, 1.807) is 30.6 Å². The summed E-state index contributed by atoms with van der Waals surface area (Å²) in [6.07, 6.45) is 5.27. The molecule has 24 heavy (non-hydrogen) atoms. The Balaban J connectivity index is 1.60. The molecule has 7 nitrogen and oxygen atoms in total. The van der Waals surface area contributed by atoms with E-state index in [9.17, 15) is 9.59 Å². The number of Topliss-reactive ketones (excluding diaryl/α,β-unsaturated/α-hetero) is 1. The topological polar surface area (TPSA) is 80.1 Å². The van der Waals surface area contributed by atoms with Gasteiger partial charge in [-0.25, -0.2) is 9.78 Å². The van der Waals surface area contributed by atoms with Gasteiger partial charge in [-0.15, -0.1) is 0 Å². The normalized spacial score (nSPS) is 17.5. The van der Waals surface area contributed by atoms with E-state index in [-0.39, 0.29) is 11.8 Å². The maximum absolute atomic E-state index is 12.5. The van der Waals surface area contributed by atoms with E-state index >= 15 is 0 Å². The molecule has 1 saturated heterocycles. The molecule has 126 valence electrons. The average Bonchev–Trinajstić information content (AvgIpc) is 3.08. The van der Waals surface area contributed by atoms with Gasteiger partial charge in [-0.3, -0.25) is 9.48 Å². The van der Waals surface area contributed by atoms with Crippen molar-refractivity contribution >= 4 is 17.5 Å². The number of amides is 2. The number of carbonyl (C=O) groups excluding carboxylic acids is 2. The van der Waals surface area contributed by atoms with Crippen molar-refractivity contribution in [2.45, 2.75) is 26.3 Å². The summed E-state index contributed by atoms with van der Waals surface area (Å²) in [5, 5.41) is 7.02. The number of nitrogens with zero attached hydrogens (tertiary/aromatic N) is 4. The number of likely N-dealkylation sites (tertiary alicyclic amines) is 1. The van der Waals surface area contributed by atoms with E-state index in [1.165, 1.54) is 13.3 Å². The highest BCUT2D eigenvalue weighted by molar-refractivity contribution is 5.96. The standard InChI is InChI=1S/C17H21N5O2/c1-13(23)15-5-2-6-16(8-15)20-17(24)21-7-3-4-14(9-21)10-22-12-18-11-19-22/h2,5-6,8,11-12,14H,3-4,7,9-10H2,1H3,(H,20,24). The van der Waals surface area contributed by atoms with Crippen LogP contribution in [0, 0.1) is 5.92 Å². The molecule has 7 heteroatoms. The van der Waals surface area contributed by atoms with Crippen LogP contribution in [-0.2, 0) is 6.54 Å². The minimum atomic E-state index is -0.126. The molecule has 1 aromatic carbocycles. The molecule has 1 aromatic heterocycles. The van der Waals surface area contributed by atoms with Crippen molar-refractivity contribution in [3.63, 3.8) is 0 Å². The first-order chi connectivity index (χ1) is 11.6. The summed E-state index contributed by atoms with van der Waals surface area (Å²) in [7, 11) is 0. The maximum atomic E-state index is 12.5. The number of nitrogens with one attached hydrogen (secondary N) is 1. The summed E-state index contributed by atoms with van der Waals surface area (Å²) in [5.41, 5.74) is 1.24. The van der Waals surface area contributed by atoms with Crippen LogP contribution in [0.15, 0.2) is 36.9 Å². The highest BCUT2D eigenvalue weighted by Crippen LogP contribution is 2.19. The van der Waals surface area contributed by atoms with Crippen LogP contribution in [0.3, 0.4) is 0 Å². The first-order valence-corrected chi connectivity index (χ1v) is 8.11. The zero-order chi connectivity index (χ0) is 16.9. The van der Waals surface area contributed by atoms with Crippen LogP contribution in [0.5, 0.6) is 0 Å². The van der Waals surface area contributed by atoms with Crippen molar-refractivity contribution in [1.82, 2.24) is 19.7 Å². The summed E-state index contributed by atoms with van der Waals surface area (Å²) in [4.78, 5) is 29.7. The molecule has 0 radical (unpaired) electrons. The van der Waals surface area contributed by atoms with Crippen LogP contribution in [0.25, 0.3) is 0 Å². The number of anilines is 1. The molecule has 3 rings (SSSR count). The van der Waals surface area contributed by atoms with E-state index in [1.807, 2.05) is 9.58 Å². The van der Waals surface area contributed by atoms with Crippen LogP contribution in [0.4, 0.5) is 10.5 Å². The SMILES string of the molecule is CC(=O)c1cccc(NC(=O)N2CCCC(Cn3cncn3)C2)c1.